The predicted molar refractivity (Wildman–Crippen MR) is 51.7 cm³/mol. The standard InChI is InChI=1S/C9H11NO2S/c1-8-2-4-9(5-3-8)13(11,12)7-6-10/h2-7H,10H2,1H3. The van der Waals surface area contributed by atoms with Gasteiger partial charge in [0.1, 0.15) is 0 Å². The van der Waals surface area contributed by atoms with Crippen molar-refractivity contribution >= 4 is 9.84 Å². The minimum absolute atomic E-state index is 0.264. The predicted octanol–water partition coefficient (Wildman–Crippen LogP) is 1.20. The number of hydrogen-bond donors (Lipinski definition) is 1. The molecular weight excluding hydrogens is 186 g/mol. The molecule has 4 heteroatoms. The third-order valence-electron chi connectivity index (χ3n) is 1.61. The molecule has 0 aliphatic carbocycles. The van der Waals surface area contributed by atoms with E-state index in [0.29, 0.717) is 0 Å². The molecule has 0 spiro atoms. The SMILES string of the molecule is Cc1ccc(S(=O)(=O)C=CN)cc1. The molecule has 1 rings (SSSR count). The van der Waals surface area contributed by atoms with Crippen molar-refractivity contribution in [1.29, 1.82) is 0 Å². The number of benzene rings is 1. The largest absolute Gasteiger partial charge is 0.404 e. The van der Waals surface area contributed by atoms with Crippen LogP contribution in [0.5, 0.6) is 0 Å². The Morgan fingerprint density at radius 2 is 1.77 bits per heavy atom. The van der Waals surface area contributed by atoms with E-state index < -0.39 is 9.84 Å². The molecule has 1 aromatic carbocycles. The van der Waals surface area contributed by atoms with Gasteiger partial charge in [-0.25, -0.2) is 8.42 Å². The third-order valence-corrected chi connectivity index (χ3v) is 3.05. The zero-order valence-corrected chi connectivity index (χ0v) is 8.08. The fourth-order valence-electron chi connectivity index (χ4n) is 0.910. The van der Waals surface area contributed by atoms with Crippen LogP contribution in [0.25, 0.3) is 0 Å². The molecule has 3 nitrogen and oxygen atoms in total. The summed E-state index contributed by atoms with van der Waals surface area (Å²) < 4.78 is 22.8. The van der Waals surface area contributed by atoms with Crippen LogP contribution in [0.3, 0.4) is 0 Å². The zero-order chi connectivity index (χ0) is 9.90. The van der Waals surface area contributed by atoms with Crippen LogP contribution in [0.1, 0.15) is 5.56 Å². The van der Waals surface area contributed by atoms with Gasteiger partial charge in [0.2, 0.25) is 9.84 Å². The molecule has 0 fully saturated rings. The van der Waals surface area contributed by atoms with E-state index in [-0.39, 0.29) is 4.90 Å². The van der Waals surface area contributed by atoms with Crippen LogP contribution in [-0.2, 0) is 9.84 Å². The Hall–Kier alpha value is -1.29. The molecule has 0 heterocycles. The molecule has 0 radical (unpaired) electrons. The minimum Gasteiger partial charge on any atom is -0.404 e. The second kappa shape index (κ2) is 3.62. The Bertz CT molecular complexity index is 404. The Kier molecular flexibility index (Phi) is 2.72. The first kappa shape index (κ1) is 9.80. The van der Waals surface area contributed by atoms with Crippen LogP contribution < -0.4 is 5.73 Å². The number of nitrogens with two attached hydrogens (primary N) is 1. The fraction of sp³-hybridized carbons (Fsp3) is 0.111. The topological polar surface area (TPSA) is 60.2 Å². The van der Waals surface area contributed by atoms with Crippen LogP contribution in [0.15, 0.2) is 40.8 Å². The molecular formula is C9H11NO2S. The van der Waals surface area contributed by atoms with Crippen molar-refractivity contribution in [2.75, 3.05) is 0 Å². The first-order valence-electron chi connectivity index (χ1n) is 3.76. The van der Waals surface area contributed by atoms with Crippen molar-refractivity contribution in [2.45, 2.75) is 11.8 Å². The fourth-order valence-corrected chi connectivity index (χ4v) is 1.79. The van der Waals surface area contributed by atoms with Crippen molar-refractivity contribution in [2.24, 2.45) is 5.73 Å². The van der Waals surface area contributed by atoms with E-state index in [1.54, 1.807) is 24.3 Å². The lowest BCUT2D eigenvalue weighted by atomic mass is 10.2. The van der Waals surface area contributed by atoms with Crippen molar-refractivity contribution in [1.82, 2.24) is 0 Å². The van der Waals surface area contributed by atoms with Crippen LogP contribution in [0.4, 0.5) is 0 Å². The molecule has 0 bridgehead atoms. The maximum atomic E-state index is 11.4. The van der Waals surface area contributed by atoms with Crippen molar-refractivity contribution in [3.63, 3.8) is 0 Å². The summed E-state index contributed by atoms with van der Waals surface area (Å²) in [7, 11) is -3.33. The highest BCUT2D eigenvalue weighted by atomic mass is 32.2. The van der Waals surface area contributed by atoms with E-state index in [4.69, 9.17) is 5.73 Å². The lowest BCUT2D eigenvalue weighted by molar-refractivity contribution is 0.604. The van der Waals surface area contributed by atoms with Gasteiger partial charge in [-0.2, -0.15) is 0 Å². The Labute approximate surface area is 77.8 Å². The van der Waals surface area contributed by atoms with Crippen molar-refractivity contribution < 1.29 is 8.42 Å². The molecule has 0 unspecified atom stereocenters. The molecule has 2 N–H and O–H groups in total. The van der Waals surface area contributed by atoms with Gasteiger partial charge in [0.15, 0.2) is 0 Å². The van der Waals surface area contributed by atoms with E-state index in [2.05, 4.69) is 0 Å². The maximum absolute atomic E-state index is 11.4. The molecule has 0 saturated carbocycles. The van der Waals surface area contributed by atoms with E-state index in [1.807, 2.05) is 6.92 Å². The van der Waals surface area contributed by atoms with Crippen LogP contribution in [0, 0.1) is 6.92 Å². The monoisotopic (exact) mass is 197 g/mol. The van der Waals surface area contributed by atoms with Crippen molar-refractivity contribution in [3.05, 3.63) is 41.4 Å². The summed E-state index contributed by atoms with van der Waals surface area (Å²) in [4.78, 5) is 0.264. The van der Waals surface area contributed by atoms with Gasteiger partial charge in [0.25, 0.3) is 0 Å². The molecule has 0 aromatic heterocycles. The number of sulfone groups is 1. The Morgan fingerprint density at radius 1 is 1.23 bits per heavy atom. The summed E-state index contributed by atoms with van der Waals surface area (Å²) in [5.74, 6) is 0. The quantitative estimate of drug-likeness (QED) is 0.775. The van der Waals surface area contributed by atoms with E-state index in [1.165, 1.54) is 0 Å². The third kappa shape index (κ3) is 2.32. The van der Waals surface area contributed by atoms with Gasteiger partial charge in [-0.05, 0) is 19.1 Å². The summed E-state index contributed by atoms with van der Waals surface area (Å²) in [5.41, 5.74) is 6.05. The first-order chi connectivity index (χ1) is 6.06. The van der Waals surface area contributed by atoms with Gasteiger partial charge in [-0.1, -0.05) is 17.7 Å². The maximum Gasteiger partial charge on any atom is 0.201 e. The molecule has 13 heavy (non-hydrogen) atoms. The van der Waals surface area contributed by atoms with Crippen LogP contribution in [-0.4, -0.2) is 8.42 Å². The molecule has 1 aromatic rings. The smallest absolute Gasteiger partial charge is 0.201 e. The highest BCUT2D eigenvalue weighted by Crippen LogP contribution is 2.12. The number of rotatable bonds is 2. The summed E-state index contributed by atoms with van der Waals surface area (Å²) in [6.45, 7) is 1.90. The van der Waals surface area contributed by atoms with Gasteiger partial charge in [0, 0.05) is 6.20 Å². The molecule has 0 amide bonds. The molecule has 0 atom stereocenters. The first-order valence-corrected chi connectivity index (χ1v) is 5.31. The molecule has 0 aliphatic heterocycles. The van der Waals surface area contributed by atoms with Crippen molar-refractivity contribution in [3.8, 4) is 0 Å². The number of hydrogen-bond acceptors (Lipinski definition) is 3. The molecule has 70 valence electrons. The Balaban J connectivity index is 3.17. The van der Waals surface area contributed by atoms with E-state index in [0.717, 1.165) is 17.2 Å². The average Bonchev–Trinajstić information content (AvgIpc) is 2.05. The second-order valence-electron chi connectivity index (χ2n) is 2.69. The van der Waals surface area contributed by atoms with Gasteiger partial charge in [0.05, 0.1) is 10.3 Å². The van der Waals surface area contributed by atoms with Crippen LogP contribution >= 0.6 is 0 Å². The minimum atomic E-state index is -3.33. The van der Waals surface area contributed by atoms with E-state index in [9.17, 15) is 8.42 Å². The van der Waals surface area contributed by atoms with Gasteiger partial charge < -0.3 is 5.73 Å². The second-order valence-corrected chi connectivity index (χ2v) is 4.52. The summed E-state index contributed by atoms with van der Waals surface area (Å²) >= 11 is 0. The molecule has 0 saturated heterocycles. The lowest BCUT2D eigenvalue weighted by Crippen LogP contribution is -1.97. The van der Waals surface area contributed by atoms with Gasteiger partial charge >= 0.3 is 0 Å². The molecule has 0 aliphatic rings. The summed E-state index contributed by atoms with van der Waals surface area (Å²) in [6, 6.07) is 6.61. The highest BCUT2D eigenvalue weighted by molar-refractivity contribution is 7.94. The average molecular weight is 197 g/mol. The highest BCUT2D eigenvalue weighted by Gasteiger charge is 2.08. The zero-order valence-electron chi connectivity index (χ0n) is 7.27. The normalized spacial score (nSPS) is 12.1. The van der Waals surface area contributed by atoms with Gasteiger partial charge in [-0.15, -0.1) is 0 Å². The summed E-state index contributed by atoms with van der Waals surface area (Å²) in [5, 5.41) is 0.984. The van der Waals surface area contributed by atoms with Crippen LogP contribution in [0.2, 0.25) is 0 Å². The lowest BCUT2D eigenvalue weighted by Gasteiger charge is -1.98. The van der Waals surface area contributed by atoms with E-state index >= 15 is 0 Å². The Morgan fingerprint density at radius 3 is 2.23 bits per heavy atom. The number of aryl methyl sites for hydroxylation is 1. The summed E-state index contributed by atoms with van der Waals surface area (Å²) in [6.07, 6.45) is 1.02. The van der Waals surface area contributed by atoms with Gasteiger partial charge in [-0.3, -0.25) is 0 Å².